The maximum Gasteiger partial charge on any atom is 0.122 e. The molecule has 6 nitrogen and oxygen atoms in total. The highest BCUT2D eigenvalue weighted by molar-refractivity contribution is 5.93. The zero-order valence-corrected chi connectivity index (χ0v) is 16.5. The summed E-state index contributed by atoms with van der Waals surface area (Å²) in [6.07, 6.45) is 5.48. The van der Waals surface area contributed by atoms with Crippen LogP contribution < -0.4 is 4.74 Å². The Morgan fingerprint density at radius 1 is 1.10 bits per heavy atom. The second kappa shape index (κ2) is 6.74. The molecule has 3 heterocycles. The first-order chi connectivity index (χ1) is 14.1. The summed E-state index contributed by atoms with van der Waals surface area (Å²) in [5, 5.41) is 13.9. The molecule has 29 heavy (non-hydrogen) atoms. The second-order valence-electron chi connectivity index (χ2n) is 7.37. The Morgan fingerprint density at radius 2 is 2.00 bits per heavy atom. The van der Waals surface area contributed by atoms with Crippen LogP contribution in [0, 0.1) is 6.92 Å². The normalized spacial score (nSPS) is 12.5. The molecule has 0 radical (unpaired) electrons. The fourth-order valence-corrected chi connectivity index (χ4v) is 3.79. The minimum atomic E-state index is -0.118. The molecule has 0 saturated heterocycles. The predicted octanol–water partition coefficient (Wildman–Crippen LogP) is 4.96. The maximum atomic E-state index is 6.35. The molecule has 3 aromatic heterocycles. The molecule has 2 aromatic carbocycles. The number of hydrogen-bond acceptors (Lipinski definition) is 4. The van der Waals surface area contributed by atoms with Crippen LogP contribution in [0.1, 0.15) is 24.2 Å². The molecule has 0 saturated carbocycles. The van der Waals surface area contributed by atoms with Crippen LogP contribution in [-0.4, -0.2) is 25.0 Å². The molecule has 0 aliphatic rings. The van der Waals surface area contributed by atoms with E-state index in [9.17, 15) is 0 Å². The highest BCUT2D eigenvalue weighted by Gasteiger charge is 2.15. The molecule has 0 bridgehead atoms. The molecule has 1 N–H and O–H groups in total. The van der Waals surface area contributed by atoms with Crippen LogP contribution in [0.3, 0.4) is 0 Å². The van der Waals surface area contributed by atoms with Gasteiger partial charge >= 0.3 is 0 Å². The molecule has 5 aromatic rings. The summed E-state index contributed by atoms with van der Waals surface area (Å²) in [4.78, 5) is 4.50. The number of nitrogens with zero attached hydrogens (tertiary/aromatic N) is 4. The first kappa shape index (κ1) is 17.4. The van der Waals surface area contributed by atoms with Gasteiger partial charge in [0.1, 0.15) is 17.5 Å². The van der Waals surface area contributed by atoms with Gasteiger partial charge in [-0.2, -0.15) is 10.2 Å². The average molecular weight is 383 g/mol. The Hall–Kier alpha value is -3.67. The van der Waals surface area contributed by atoms with Crippen molar-refractivity contribution in [3.8, 4) is 17.0 Å². The van der Waals surface area contributed by atoms with Crippen molar-refractivity contribution in [2.24, 2.45) is 7.05 Å². The zero-order valence-electron chi connectivity index (χ0n) is 16.5. The third-order valence-electron chi connectivity index (χ3n) is 5.16. The van der Waals surface area contributed by atoms with Gasteiger partial charge in [0.2, 0.25) is 0 Å². The van der Waals surface area contributed by atoms with Crippen molar-refractivity contribution >= 4 is 21.8 Å². The summed E-state index contributed by atoms with van der Waals surface area (Å²) in [6, 6.07) is 14.3. The second-order valence-corrected chi connectivity index (χ2v) is 7.37. The van der Waals surface area contributed by atoms with E-state index in [0.717, 1.165) is 44.4 Å². The van der Waals surface area contributed by atoms with Gasteiger partial charge in [0.05, 0.1) is 17.2 Å². The molecule has 144 valence electrons. The number of aromatic nitrogens is 5. The molecule has 6 heteroatoms. The van der Waals surface area contributed by atoms with Crippen LogP contribution in [0.2, 0.25) is 0 Å². The van der Waals surface area contributed by atoms with Crippen LogP contribution >= 0.6 is 0 Å². The number of rotatable bonds is 4. The van der Waals surface area contributed by atoms with Crippen molar-refractivity contribution in [1.29, 1.82) is 0 Å². The number of hydrogen-bond donors (Lipinski definition) is 1. The lowest BCUT2D eigenvalue weighted by Crippen LogP contribution is -2.04. The standard InChI is InChI=1S/C23H21N5O/c1-14-9-19(18-5-4-8-24-22(18)10-14)15(2)29-17-6-7-21-20(11-17)23(27-26-21)16-12-25-28(3)13-16/h4-13,15H,1-3H3,(H,26,27). The van der Waals surface area contributed by atoms with Gasteiger partial charge < -0.3 is 4.74 Å². The number of fused-ring (bicyclic) bond motifs is 2. The summed E-state index contributed by atoms with van der Waals surface area (Å²) in [5.41, 5.74) is 6.10. The van der Waals surface area contributed by atoms with E-state index in [2.05, 4.69) is 52.3 Å². The van der Waals surface area contributed by atoms with Crippen molar-refractivity contribution in [2.75, 3.05) is 0 Å². The van der Waals surface area contributed by atoms with E-state index in [1.807, 2.05) is 49.9 Å². The van der Waals surface area contributed by atoms with E-state index in [1.165, 1.54) is 5.56 Å². The molecule has 0 amide bonds. The fourth-order valence-electron chi connectivity index (χ4n) is 3.79. The molecular weight excluding hydrogens is 362 g/mol. The van der Waals surface area contributed by atoms with E-state index < -0.39 is 0 Å². The fraction of sp³-hybridized carbons (Fsp3) is 0.174. The molecule has 1 unspecified atom stereocenters. The van der Waals surface area contributed by atoms with Gasteiger partial charge in [-0.15, -0.1) is 0 Å². The summed E-state index contributed by atoms with van der Waals surface area (Å²) < 4.78 is 8.12. The van der Waals surface area contributed by atoms with Gasteiger partial charge in [-0.25, -0.2) is 0 Å². The van der Waals surface area contributed by atoms with Crippen LogP contribution in [0.15, 0.2) is 61.1 Å². The van der Waals surface area contributed by atoms with Crippen molar-refractivity contribution in [3.05, 3.63) is 72.2 Å². The lowest BCUT2D eigenvalue weighted by molar-refractivity contribution is 0.229. The molecule has 0 aliphatic carbocycles. The number of nitrogens with one attached hydrogen (secondary N) is 1. The first-order valence-corrected chi connectivity index (χ1v) is 9.57. The number of H-pyrrole nitrogens is 1. The first-order valence-electron chi connectivity index (χ1n) is 9.57. The Bertz CT molecular complexity index is 1330. The third-order valence-corrected chi connectivity index (χ3v) is 5.16. The van der Waals surface area contributed by atoms with E-state index in [1.54, 1.807) is 4.68 Å². The molecule has 0 aliphatic heterocycles. The van der Waals surface area contributed by atoms with E-state index in [4.69, 9.17) is 4.74 Å². The third kappa shape index (κ3) is 3.12. The number of aromatic amines is 1. The van der Waals surface area contributed by atoms with E-state index in [0.29, 0.717) is 0 Å². The average Bonchev–Trinajstić information content (AvgIpc) is 3.32. The van der Waals surface area contributed by atoms with Gasteiger partial charge in [0, 0.05) is 41.3 Å². The van der Waals surface area contributed by atoms with E-state index >= 15 is 0 Å². The van der Waals surface area contributed by atoms with Gasteiger partial charge in [-0.3, -0.25) is 14.8 Å². The van der Waals surface area contributed by atoms with Crippen molar-refractivity contribution in [3.63, 3.8) is 0 Å². The Labute approximate surface area is 168 Å². The monoisotopic (exact) mass is 383 g/mol. The molecule has 5 rings (SSSR count). The minimum Gasteiger partial charge on any atom is -0.486 e. The topological polar surface area (TPSA) is 68.6 Å². The van der Waals surface area contributed by atoms with Gasteiger partial charge in [-0.1, -0.05) is 12.1 Å². The Kier molecular flexibility index (Phi) is 4.05. The summed E-state index contributed by atoms with van der Waals surface area (Å²) in [7, 11) is 1.90. The smallest absolute Gasteiger partial charge is 0.122 e. The van der Waals surface area contributed by atoms with Gasteiger partial charge in [0.25, 0.3) is 0 Å². The summed E-state index contributed by atoms with van der Waals surface area (Å²) in [5.74, 6) is 0.801. The SMILES string of the molecule is Cc1cc(C(C)Oc2ccc3[nH]nc(-c4cnn(C)c4)c3c2)c2cccnc2c1. The Balaban J connectivity index is 1.52. The summed E-state index contributed by atoms with van der Waals surface area (Å²) in [6.45, 7) is 4.16. The van der Waals surface area contributed by atoms with E-state index in [-0.39, 0.29) is 6.10 Å². The highest BCUT2D eigenvalue weighted by atomic mass is 16.5. The minimum absolute atomic E-state index is 0.118. The quantitative estimate of drug-likeness (QED) is 0.476. The maximum absolute atomic E-state index is 6.35. The molecule has 0 spiro atoms. The van der Waals surface area contributed by atoms with Gasteiger partial charge in [-0.05, 0) is 49.7 Å². The van der Waals surface area contributed by atoms with Crippen LogP contribution in [0.5, 0.6) is 5.75 Å². The predicted molar refractivity (Wildman–Crippen MR) is 114 cm³/mol. The van der Waals surface area contributed by atoms with Crippen molar-refractivity contribution in [1.82, 2.24) is 25.0 Å². The van der Waals surface area contributed by atoms with Crippen LogP contribution in [-0.2, 0) is 7.05 Å². The molecule has 1 atom stereocenters. The summed E-state index contributed by atoms with van der Waals surface area (Å²) >= 11 is 0. The van der Waals surface area contributed by atoms with Crippen molar-refractivity contribution in [2.45, 2.75) is 20.0 Å². The number of benzene rings is 2. The largest absolute Gasteiger partial charge is 0.486 e. The zero-order chi connectivity index (χ0) is 20.0. The van der Waals surface area contributed by atoms with Crippen molar-refractivity contribution < 1.29 is 4.74 Å². The lowest BCUT2D eigenvalue weighted by atomic mass is 10.0. The number of ether oxygens (including phenoxy) is 1. The lowest BCUT2D eigenvalue weighted by Gasteiger charge is -2.18. The highest BCUT2D eigenvalue weighted by Crippen LogP contribution is 2.32. The van der Waals surface area contributed by atoms with Crippen LogP contribution in [0.25, 0.3) is 33.1 Å². The number of pyridine rings is 1. The van der Waals surface area contributed by atoms with Crippen LogP contribution in [0.4, 0.5) is 0 Å². The van der Waals surface area contributed by atoms with Gasteiger partial charge in [0.15, 0.2) is 0 Å². The number of aryl methyl sites for hydroxylation is 2. The Morgan fingerprint density at radius 3 is 2.83 bits per heavy atom. The molecular formula is C23H21N5O. The molecule has 0 fully saturated rings.